The molecule has 1 aromatic heterocycles. The van der Waals surface area contributed by atoms with Crippen molar-refractivity contribution in [1.29, 1.82) is 0 Å². The Bertz CT molecular complexity index is 1310. The number of fused-ring (bicyclic) bond motifs is 1. The zero-order chi connectivity index (χ0) is 21.1. The number of benzene rings is 3. The molecule has 1 heterocycles. The van der Waals surface area contributed by atoms with Crippen LogP contribution < -0.4 is 5.32 Å². The van der Waals surface area contributed by atoms with Crippen LogP contribution in [0.4, 0.5) is 5.69 Å². The maximum absolute atomic E-state index is 13.1. The lowest BCUT2D eigenvalue weighted by molar-refractivity contribution is -0.113. The number of aryl methyl sites for hydroxylation is 1. The first-order chi connectivity index (χ1) is 14.4. The number of sulfone groups is 1. The van der Waals surface area contributed by atoms with E-state index in [1.165, 1.54) is 0 Å². The fraction of sp³-hybridized carbons (Fsp3) is 0.125. The number of anilines is 1. The predicted octanol–water partition coefficient (Wildman–Crippen LogP) is 4.41. The van der Waals surface area contributed by atoms with Crippen LogP contribution in [-0.2, 0) is 21.2 Å². The highest BCUT2D eigenvalue weighted by Crippen LogP contribution is 2.27. The van der Waals surface area contributed by atoms with E-state index in [2.05, 4.69) is 5.32 Å². The van der Waals surface area contributed by atoms with E-state index in [4.69, 9.17) is 0 Å². The van der Waals surface area contributed by atoms with Crippen molar-refractivity contribution in [2.75, 3.05) is 11.1 Å². The third-order valence-corrected chi connectivity index (χ3v) is 6.71. The summed E-state index contributed by atoms with van der Waals surface area (Å²) in [6.07, 6.45) is 1.64. The van der Waals surface area contributed by atoms with Gasteiger partial charge in [0.25, 0.3) is 0 Å². The summed E-state index contributed by atoms with van der Waals surface area (Å²) in [4.78, 5) is 12.6. The Morgan fingerprint density at radius 1 is 0.900 bits per heavy atom. The fourth-order valence-corrected chi connectivity index (χ4v) is 4.90. The molecule has 30 heavy (non-hydrogen) atoms. The Balaban J connectivity index is 1.66. The van der Waals surface area contributed by atoms with Crippen molar-refractivity contribution < 1.29 is 13.2 Å². The van der Waals surface area contributed by atoms with Crippen molar-refractivity contribution in [3.05, 3.63) is 96.2 Å². The molecule has 4 rings (SSSR count). The molecule has 6 heteroatoms. The lowest BCUT2D eigenvalue weighted by Gasteiger charge is -2.08. The molecule has 3 aromatic carbocycles. The Kier molecular flexibility index (Phi) is 5.42. The second-order valence-electron chi connectivity index (χ2n) is 7.24. The van der Waals surface area contributed by atoms with Crippen LogP contribution in [0.25, 0.3) is 10.9 Å². The first-order valence-electron chi connectivity index (χ1n) is 9.64. The van der Waals surface area contributed by atoms with E-state index in [1.54, 1.807) is 36.5 Å². The third kappa shape index (κ3) is 4.14. The van der Waals surface area contributed by atoms with Crippen molar-refractivity contribution in [1.82, 2.24) is 4.57 Å². The van der Waals surface area contributed by atoms with Gasteiger partial charge >= 0.3 is 0 Å². The molecule has 1 amide bonds. The number of para-hydroxylation sites is 2. The first kappa shape index (κ1) is 19.9. The normalized spacial score (nSPS) is 11.5. The van der Waals surface area contributed by atoms with E-state index >= 15 is 0 Å². The monoisotopic (exact) mass is 418 g/mol. The Hall–Kier alpha value is -3.38. The van der Waals surface area contributed by atoms with E-state index < -0.39 is 21.5 Å². The van der Waals surface area contributed by atoms with Gasteiger partial charge in [0, 0.05) is 29.3 Å². The lowest BCUT2D eigenvalue weighted by atomic mass is 10.1. The fourth-order valence-electron chi connectivity index (χ4n) is 3.53. The summed E-state index contributed by atoms with van der Waals surface area (Å²) in [5, 5.41) is 3.27. The van der Waals surface area contributed by atoms with Crippen LogP contribution in [0.3, 0.4) is 0 Å². The molecule has 0 radical (unpaired) electrons. The summed E-state index contributed by atoms with van der Waals surface area (Å²) in [7, 11) is -3.82. The second-order valence-corrected chi connectivity index (χ2v) is 9.20. The van der Waals surface area contributed by atoms with E-state index in [9.17, 15) is 13.2 Å². The van der Waals surface area contributed by atoms with Crippen molar-refractivity contribution >= 4 is 32.3 Å². The van der Waals surface area contributed by atoms with Gasteiger partial charge in [0.2, 0.25) is 5.91 Å². The van der Waals surface area contributed by atoms with Crippen molar-refractivity contribution in [2.24, 2.45) is 0 Å². The summed E-state index contributed by atoms with van der Waals surface area (Å²) >= 11 is 0. The molecule has 0 aliphatic heterocycles. The van der Waals surface area contributed by atoms with Gasteiger partial charge in [-0.3, -0.25) is 4.79 Å². The Morgan fingerprint density at radius 3 is 2.33 bits per heavy atom. The highest BCUT2D eigenvalue weighted by atomic mass is 32.2. The van der Waals surface area contributed by atoms with Gasteiger partial charge in [-0.25, -0.2) is 8.42 Å². The summed E-state index contributed by atoms with van der Waals surface area (Å²) in [6, 6.07) is 24.2. The summed E-state index contributed by atoms with van der Waals surface area (Å²) in [5.41, 5.74) is 3.65. The predicted molar refractivity (Wildman–Crippen MR) is 119 cm³/mol. The van der Waals surface area contributed by atoms with Crippen molar-refractivity contribution in [2.45, 2.75) is 18.4 Å². The molecule has 0 aliphatic rings. The maximum Gasteiger partial charge on any atom is 0.239 e. The van der Waals surface area contributed by atoms with Gasteiger partial charge in [0.05, 0.1) is 4.90 Å². The van der Waals surface area contributed by atoms with Crippen molar-refractivity contribution in [3.8, 4) is 0 Å². The molecule has 0 saturated heterocycles. The largest absolute Gasteiger partial charge is 0.342 e. The van der Waals surface area contributed by atoms with Crippen LogP contribution in [0.2, 0.25) is 0 Å². The van der Waals surface area contributed by atoms with Crippen LogP contribution in [-0.4, -0.2) is 24.6 Å². The van der Waals surface area contributed by atoms with Crippen LogP contribution in [0, 0.1) is 6.92 Å². The number of carbonyl (C=O) groups is 1. The standard InChI is InChI=1S/C24H22N2O3S/c1-18-9-5-6-10-19(18)15-26-16-23(21-13-7-8-14-22(21)26)30(28,29)17-24(27)25-20-11-3-2-4-12-20/h2-14,16H,15,17H2,1H3,(H,25,27). The minimum absolute atomic E-state index is 0.176. The molecule has 0 bridgehead atoms. The summed E-state index contributed by atoms with van der Waals surface area (Å²) < 4.78 is 28.1. The molecule has 0 atom stereocenters. The zero-order valence-corrected chi connectivity index (χ0v) is 17.4. The molecule has 0 spiro atoms. The average Bonchev–Trinajstić information content (AvgIpc) is 3.10. The van der Waals surface area contributed by atoms with Crippen LogP contribution in [0.5, 0.6) is 0 Å². The van der Waals surface area contributed by atoms with Crippen LogP contribution in [0.1, 0.15) is 11.1 Å². The molecule has 0 fully saturated rings. The Labute approximate surface area is 175 Å². The molecule has 152 valence electrons. The van der Waals surface area contributed by atoms with Gasteiger partial charge in [0.1, 0.15) is 5.75 Å². The number of carbonyl (C=O) groups excluding carboxylic acids is 1. The molecule has 0 saturated carbocycles. The highest BCUT2D eigenvalue weighted by Gasteiger charge is 2.24. The van der Waals surface area contributed by atoms with Gasteiger partial charge in [-0.2, -0.15) is 0 Å². The molecule has 0 aliphatic carbocycles. The average molecular weight is 419 g/mol. The number of hydrogen-bond donors (Lipinski definition) is 1. The topological polar surface area (TPSA) is 68.2 Å². The number of nitrogens with one attached hydrogen (secondary N) is 1. The van der Waals surface area contributed by atoms with Gasteiger partial charge in [-0.1, -0.05) is 60.7 Å². The zero-order valence-electron chi connectivity index (χ0n) is 16.6. The van der Waals surface area contributed by atoms with E-state index in [0.717, 1.165) is 16.6 Å². The maximum atomic E-state index is 13.1. The SMILES string of the molecule is Cc1ccccc1Cn1cc(S(=O)(=O)CC(=O)Nc2ccccc2)c2ccccc21. The molecule has 0 unspecified atom stereocenters. The number of amides is 1. The van der Waals surface area contributed by atoms with Crippen LogP contribution in [0.15, 0.2) is 90.0 Å². The van der Waals surface area contributed by atoms with E-state index in [0.29, 0.717) is 17.6 Å². The Morgan fingerprint density at radius 2 is 1.57 bits per heavy atom. The van der Waals surface area contributed by atoms with E-state index in [-0.39, 0.29) is 4.90 Å². The molecule has 4 aromatic rings. The molecule has 1 N–H and O–H groups in total. The summed E-state index contributed by atoms with van der Waals surface area (Å²) in [6.45, 7) is 2.59. The molecular formula is C24H22N2O3S. The van der Waals surface area contributed by atoms with Crippen molar-refractivity contribution in [3.63, 3.8) is 0 Å². The summed E-state index contributed by atoms with van der Waals surface area (Å²) in [5.74, 6) is -1.17. The lowest BCUT2D eigenvalue weighted by Crippen LogP contribution is -2.22. The van der Waals surface area contributed by atoms with Gasteiger partial charge in [-0.05, 0) is 36.2 Å². The third-order valence-electron chi connectivity index (χ3n) is 5.07. The van der Waals surface area contributed by atoms with Gasteiger partial charge in [-0.15, -0.1) is 0 Å². The number of aromatic nitrogens is 1. The second kappa shape index (κ2) is 8.16. The smallest absolute Gasteiger partial charge is 0.239 e. The number of rotatable bonds is 6. The molecular weight excluding hydrogens is 396 g/mol. The van der Waals surface area contributed by atoms with Crippen LogP contribution >= 0.6 is 0 Å². The minimum atomic E-state index is -3.82. The number of nitrogens with zero attached hydrogens (tertiary/aromatic N) is 1. The van der Waals surface area contributed by atoms with Gasteiger partial charge < -0.3 is 9.88 Å². The van der Waals surface area contributed by atoms with E-state index in [1.807, 2.05) is 60.0 Å². The number of hydrogen-bond acceptors (Lipinski definition) is 3. The quantitative estimate of drug-likeness (QED) is 0.504. The molecule has 5 nitrogen and oxygen atoms in total. The minimum Gasteiger partial charge on any atom is -0.342 e. The first-order valence-corrected chi connectivity index (χ1v) is 11.3. The van der Waals surface area contributed by atoms with Gasteiger partial charge in [0.15, 0.2) is 9.84 Å². The highest BCUT2D eigenvalue weighted by molar-refractivity contribution is 7.92.